The Labute approximate surface area is 149 Å². The van der Waals surface area contributed by atoms with Crippen LogP contribution in [0.4, 0.5) is 5.82 Å². The van der Waals surface area contributed by atoms with Crippen LogP contribution in [0, 0.1) is 0 Å². The Morgan fingerprint density at radius 1 is 1.38 bits per heavy atom. The number of anilines is 1. The van der Waals surface area contributed by atoms with Crippen LogP contribution >= 0.6 is 15.9 Å². The molecule has 0 spiro atoms. The first-order chi connectivity index (χ1) is 11.6. The van der Waals surface area contributed by atoms with Crippen LogP contribution in [0.3, 0.4) is 0 Å². The topological polar surface area (TPSA) is 70.4 Å². The monoisotopic (exact) mass is 392 g/mol. The van der Waals surface area contributed by atoms with Crippen molar-refractivity contribution >= 4 is 27.7 Å². The van der Waals surface area contributed by atoms with Crippen LogP contribution < -0.4 is 5.32 Å². The Bertz CT molecular complexity index is 703. The van der Waals surface area contributed by atoms with Crippen molar-refractivity contribution in [3.05, 3.63) is 46.6 Å². The summed E-state index contributed by atoms with van der Waals surface area (Å²) in [7, 11) is 0. The number of carbonyl (C=O) groups is 1. The highest BCUT2D eigenvalue weighted by molar-refractivity contribution is 9.10. The molecule has 1 aromatic carbocycles. The van der Waals surface area contributed by atoms with Crippen LogP contribution in [0.1, 0.15) is 18.4 Å². The summed E-state index contributed by atoms with van der Waals surface area (Å²) in [5.74, 6) is 0.589. The molecule has 2 aromatic rings. The second-order valence-electron chi connectivity index (χ2n) is 6.04. The van der Waals surface area contributed by atoms with E-state index in [1.165, 1.54) is 0 Å². The Kier molecular flexibility index (Phi) is 5.65. The van der Waals surface area contributed by atoms with Crippen molar-refractivity contribution in [1.82, 2.24) is 14.7 Å². The molecule has 24 heavy (non-hydrogen) atoms. The number of carbonyl (C=O) groups excluding carboxylic acids is 1. The SMILES string of the molecule is O=C(CN1CCC[C@H](O)C1)Nc1ccnn1Cc1ccccc1Br. The molecule has 0 unspecified atom stereocenters. The van der Waals surface area contributed by atoms with Crippen LogP contribution in [0.2, 0.25) is 0 Å². The van der Waals surface area contributed by atoms with Crippen LogP contribution in [-0.4, -0.2) is 51.4 Å². The van der Waals surface area contributed by atoms with Crippen molar-refractivity contribution in [2.75, 3.05) is 25.0 Å². The van der Waals surface area contributed by atoms with Crippen molar-refractivity contribution in [2.24, 2.45) is 0 Å². The van der Waals surface area contributed by atoms with Gasteiger partial charge in [-0.15, -0.1) is 0 Å². The van der Waals surface area contributed by atoms with Crippen LogP contribution in [-0.2, 0) is 11.3 Å². The van der Waals surface area contributed by atoms with Gasteiger partial charge in [-0.3, -0.25) is 9.69 Å². The summed E-state index contributed by atoms with van der Waals surface area (Å²) in [5.41, 5.74) is 1.09. The lowest BCUT2D eigenvalue weighted by Crippen LogP contribution is -2.42. The van der Waals surface area contributed by atoms with Gasteiger partial charge in [0, 0.05) is 17.1 Å². The predicted octanol–water partition coefficient (Wildman–Crippen LogP) is 2.09. The lowest BCUT2D eigenvalue weighted by molar-refractivity contribution is -0.118. The minimum Gasteiger partial charge on any atom is -0.392 e. The molecule has 0 radical (unpaired) electrons. The lowest BCUT2D eigenvalue weighted by Gasteiger charge is -2.29. The normalized spacial score (nSPS) is 18.5. The number of benzene rings is 1. The summed E-state index contributed by atoms with van der Waals surface area (Å²) >= 11 is 3.53. The van der Waals surface area contributed by atoms with Gasteiger partial charge in [-0.2, -0.15) is 5.10 Å². The molecule has 1 aromatic heterocycles. The number of aliphatic hydroxyl groups is 1. The van der Waals surface area contributed by atoms with Gasteiger partial charge in [-0.25, -0.2) is 4.68 Å². The Balaban J connectivity index is 1.61. The molecule has 128 valence electrons. The van der Waals surface area contributed by atoms with Gasteiger partial charge in [0.15, 0.2) is 0 Å². The Hall–Kier alpha value is -1.70. The number of hydrogen-bond donors (Lipinski definition) is 2. The number of rotatable bonds is 5. The number of piperidine rings is 1. The highest BCUT2D eigenvalue weighted by Gasteiger charge is 2.20. The summed E-state index contributed by atoms with van der Waals surface area (Å²) in [6.45, 7) is 2.27. The first kappa shape index (κ1) is 17.1. The van der Waals surface area contributed by atoms with Gasteiger partial charge in [-0.1, -0.05) is 34.1 Å². The number of amides is 1. The fourth-order valence-corrected chi connectivity index (χ4v) is 3.32. The van der Waals surface area contributed by atoms with Crippen LogP contribution in [0.25, 0.3) is 0 Å². The summed E-state index contributed by atoms with van der Waals surface area (Å²) in [5, 5.41) is 16.9. The number of nitrogens with one attached hydrogen (secondary N) is 1. The quantitative estimate of drug-likeness (QED) is 0.816. The zero-order valence-electron chi connectivity index (χ0n) is 13.4. The van der Waals surface area contributed by atoms with Gasteiger partial charge >= 0.3 is 0 Å². The molecule has 0 saturated carbocycles. The fraction of sp³-hybridized carbons (Fsp3) is 0.412. The first-order valence-electron chi connectivity index (χ1n) is 8.07. The molecule has 1 atom stereocenters. The molecule has 1 amide bonds. The molecular weight excluding hydrogens is 372 g/mol. The van der Waals surface area contributed by atoms with Crippen molar-refractivity contribution in [2.45, 2.75) is 25.5 Å². The molecule has 7 heteroatoms. The molecule has 0 aliphatic carbocycles. The molecule has 6 nitrogen and oxygen atoms in total. The van der Waals surface area contributed by atoms with E-state index in [1.54, 1.807) is 16.9 Å². The summed E-state index contributed by atoms with van der Waals surface area (Å²) in [6.07, 6.45) is 3.09. The molecule has 0 bridgehead atoms. The highest BCUT2D eigenvalue weighted by Crippen LogP contribution is 2.19. The van der Waals surface area contributed by atoms with Crippen molar-refractivity contribution in [3.63, 3.8) is 0 Å². The third-order valence-electron chi connectivity index (χ3n) is 4.11. The molecular formula is C17H21BrN4O2. The summed E-state index contributed by atoms with van der Waals surface area (Å²) < 4.78 is 2.78. The van der Waals surface area contributed by atoms with Crippen LogP contribution in [0.15, 0.2) is 41.0 Å². The second-order valence-corrected chi connectivity index (χ2v) is 6.90. The van der Waals surface area contributed by atoms with Gasteiger partial charge in [0.25, 0.3) is 0 Å². The lowest BCUT2D eigenvalue weighted by atomic mass is 10.1. The van der Waals surface area contributed by atoms with E-state index in [2.05, 4.69) is 26.3 Å². The number of hydrogen-bond acceptors (Lipinski definition) is 4. The van der Waals surface area contributed by atoms with E-state index in [0.29, 0.717) is 18.9 Å². The van der Waals surface area contributed by atoms with Gasteiger partial charge in [0.1, 0.15) is 5.82 Å². The number of likely N-dealkylation sites (tertiary alicyclic amines) is 1. The first-order valence-corrected chi connectivity index (χ1v) is 8.86. The minimum absolute atomic E-state index is 0.0852. The maximum atomic E-state index is 12.3. The van der Waals surface area contributed by atoms with E-state index in [9.17, 15) is 9.90 Å². The third-order valence-corrected chi connectivity index (χ3v) is 4.88. The number of aliphatic hydroxyl groups excluding tert-OH is 1. The van der Waals surface area contributed by atoms with Gasteiger partial charge in [0.05, 0.1) is 25.4 Å². The average Bonchev–Trinajstić information content (AvgIpc) is 2.96. The highest BCUT2D eigenvalue weighted by atomic mass is 79.9. The average molecular weight is 393 g/mol. The number of halogens is 1. The maximum absolute atomic E-state index is 12.3. The molecule has 3 rings (SSSR count). The Morgan fingerprint density at radius 3 is 3.00 bits per heavy atom. The van der Waals surface area contributed by atoms with E-state index in [0.717, 1.165) is 29.4 Å². The molecule has 2 N–H and O–H groups in total. The largest absolute Gasteiger partial charge is 0.392 e. The molecule has 1 aliphatic heterocycles. The molecule has 2 heterocycles. The number of β-amino-alcohol motifs (C(OH)–C–C–N with tert-alkyl or cyclic N) is 1. The predicted molar refractivity (Wildman–Crippen MR) is 95.8 cm³/mol. The fourth-order valence-electron chi connectivity index (χ4n) is 2.91. The summed E-state index contributed by atoms with van der Waals surface area (Å²) in [6, 6.07) is 9.74. The van der Waals surface area contributed by atoms with Crippen LogP contribution in [0.5, 0.6) is 0 Å². The number of aromatic nitrogens is 2. The minimum atomic E-state index is -0.326. The third kappa shape index (κ3) is 4.43. The number of nitrogens with zero attached hydrogens (tertiary/aromatic N) is 3. The smallest absolute Gasteiger partial charge is 0.239 e. The Morgan fingerprint density at radius 2 is 2.21 bits per heavy atom. The van der Waals surface area contributed by atoms with Crippen molar-refractivity contribution in [3.8, 4) is 0 Å². The zero-order valence-corrected chi connectivity index (χ0v) is 14.9. The van der Waals surface area contributed by atoms with Crippen molar-refractivity contribution < 1.29 is 9.90 Å². The van der Waals surface area contributed by atoms with E-state index >= 15 is 0 Å². The van der Waals surface area contributed by atoms with Gasteiger partial charge in [0.2, 0.25) is 5.91 Å². The zero-order chi connectivity index (χ0) is 16.9. The second kappa shape index (κ2) is 7.92. The molecule has 1 aliphatic rings. The van der Waals surface area contributed by atoms with E-state index in [1.807, 2.05) is 29.2 Å². The van der Waals surface area contributed by atoms with E-state index < -0.39 is 0 Å². The van der Waals surface area contributed by atoms with Gasteiger partial charge in [-0.05, 0) is 31.0 Å². The maximum Gasteiger partial charge on any atom is 0.239 e. The van der Waals surface area contributed by atoms with E-state index in [4.69, 9.17) is 0 Å². The van der Waals surface area contributed by atoms with Crippen molar-refractivity contribution in [1.29, 1.82) is 0 Å². The molecule has 1 fully saturated rings. The summed E-state index contributed by atoms with van der Waals surface area (Å²) in [4.78, 5) is 14.3. The van der Waals surface area contributed by atoms with Gasteiger partial charge < -0.3 is 10.4 Å². The molecule has 1 saturated heterocycles. The standard InChI is InChI=1S/C17H21BrN4O2/c18-15-6-2-1-4-13(15)10-22-16(7-8-19-22)20-17(24)12-21-9-3-5-14(23)11-21/h1-2,4,6-8,14,23H,3,5,9-12H2,(H,20,24)/t14-/m0/s1. The van der Waals surface area contributed by atoms with E-state index in [-0.39, 0.29) is 18.6 Å².